The topological polar surface area (TPSA) is 53.0 Å². The Morgan fingerprint density at radius 2 is 1.96 bits per heavy atom. The van der Waals surface area contributed by atoms with Gasteiger partial charge in [-0.25, -0.2) is 0 Å². The van der Waals surface area contributed by atoms with E-state index in [9.17, 15) is 9.90 Å². The molecule has 0 aromatic carbocycles. The maximum absolute atomic E-state index is 13.2. The molecule has 2 saturated heterocycles. The summed E-state index contributed by atoms with van der Waals surface area (Å²) in [6.07, 6.45) is 7.67. The molecule has 0 radical (unpaired) electrons. The van der Waals surface area contributed by atoms with Crippen molar-refractivity contribution in [3.8, 4) is 0 Å². The summed E-state index contributed by atoms with van der Waals surface area (Å²) in [6, 6.07) is -0.131. The first kappa shape index (κ1) is 22.8. The van der Waals surface area contributed by atoms with Crippen LogP contribution >= 0.6 is 0 Å². The molecule has 5 nitrogen and oxygen atoms in total. The Labute approximate surface area is 166 Å². The highest BCUT2D eigenvalue weighted by molar-refractivity contribution is 5.91. The van der Waals surface area contributed by atoms with E-state index >= 15 is 0 Å². The molecule has 0 aliphatic carbocycles. The number of hydrogen-bond acceptors (Lipinski definition) is 5. The Morgan fingerprint density at radius 3 is 2.59 bits per heavy atom. The first-order chi connectivity index (χ1) is 12.7. The zero-order chi connectivity index (χ0) is 20.1. The number of Topliss-reactive ketones (excluding diaryl/α,β-unsaturated/α-hetero) is 1. The lowest BCUT2D eigenvalue weighted by atomic mass is 9.85. The minimum Gasteiger partial charge on any atom is -0.382 e. The summed E-state index contributed by atoms with van der Waals surface area (Å²) in [4.78, 5) is 17.9. The third-order valence-electron chi connectivity index (χ3n) is 6.86. The summed E-state index contributed by atoms with van der Waals surface area (Å²) < 4.78 is 5.81. The first-order valence-corrected chi connectivity index (χ1v) is 11.1. The van der Waals surface area contributed by atoms with Crippen molar-refractivity contribution in [2.45, 2.75) is 102 Å². The first-order valence-electron chi connectivity index (χ1n) is 11.1. The highest BCUT2D eigenvalue weighted by atomic mass is 16.5. The van der Waals surface area contributed by atoms with Gasteiger partial charge >= 0.3 is 0 Å². The van der Waals surface area contributed by atoms with E-state index in [2.05, 4.69) is 37.6 Å². The molecule has 4 atom stereocenters. The minimum atomic E-state index is -1.24. The maximum atomic E-state index is 13.2. The lowest BCUT2D eigenvalue weighted by Crippen LogP contribution is -2.55. The molecule has 4 unspecified atom stereocenters. The van der Waals surface area contributed by atoms with Gasteiger partial charge in [-0.05, 0) is 72.4 Å². The van der Waals surface area contributed by atoms with Crippen molar-refractivity contribution in [2.24, 2.45) is 0 Å². The zero-order valence-electron chi connectivity index (χ0n) is 18.3. The van der Waals surface area contributed by atoms with Crippen LogP contribution in [0.3, 0.4) is 0 Å². The van der Waals surface area contributed by atoms with Gasteiger partial charge in [0.2, 0.25) is 0 Å². The van der Waals surface area contributed by atoms with Crippen molar-refractivity contribution < 1.29 is 14.6 Å². The Hall–Kier alpha value is -0.490. The number of carbonyl (C=O) groups is 1. The van der Waals surface area contributed by atoms with E-state index in [1.54, 1.807) is 6.92 Å². The number of ether oxygens (including phenoxy) is 1. The standard InChI is InChI=1S/C22H42N2O3/c1-6-12-21(3,7-2)24-14-9-11-19(24)20(25)22(4,26)13-8-10-18-17-23(5)15-16-27-18/h18-19,26H,6-17H2,1-5H3. The highest BCUT2D eigenvalue weighted by Crippen LogP contribution is 2.35. The molecule has 0 amide bonds. The van der Waals surface area contributed by atoms with Gasteiger partial charge in [0.25, 0.3) is 0 Å². The van der Waals surface area contributed by atoms with Crippen molar-refractivity contribution in [1.29, 1.82) is 0 Å². The Morgan fingerprint density at radius 1 is 1.22 bits per heavy atom. The molecular formula is C22H42N2O3. The fourth-order valence-electron chi connectivity index (χ4n) is 4.95. The summed E-state index contributed by atoms with van der Waals surface area (Å²) in [6.45, 7) is 12.1. The number of aliphatic hydroxyl groups is 1. The molecule has 0 spiro atoms. The second-order valence-corrected chi connectivity index (χ2v) is 9.24. The minimum absolute atomic E-state index is 0.0254. The van der Waals surface area contributed by atoms with Crippen LogP contribution < -0.4 is 0 Å². The molecule has 0 aromatic heterocycles. The van der Waals surface area contributed by atoms with Gasteiger partial charge in [-0.3, -0.25) is 9.69 Å². The van der Waals surface area contributed by atoms with Crippen LogP contribution in [0.1, 0.15) is 79.1 Å². The normalized spacial score (nSPS) is 29.4. The van der Waals surface area contributed by atoms with Crippen LogP contribution in [0.15, 0.2) is 0 Å². The van der Waals surface area contributed by atoms with E-state index in [-0.39, 0.29) is 23.5 Å². The van der Waals surface area contributed by atoms with Crippen LogP contribution in [0.2, 0.25) is 0 Å². The van der Waals surface area contributed by atoms with Gasteiger partial charge in [-0.1, -0.05) is 20.3 Å². The van der Waals surface area contributed by atoms with E-state index in [4.69, 9.17) is 4.74 Å². The van der Waals surface area contributed by atoms with Gasteiger partial charge in [0.15, 0.2) is 5.78 Å². The number of likely N-dealkylation sites (N-methyl/N-ethyl adjacent to an activating group) is 1. The fourth-order valence-corrected chi connectivity index (χ4v) is 4.95. The SMILES string of the molecule is CCCC(C)(CC)N1CCCC1C(=O)C(C)(O)CCCC1CN(C)CCO1. The second kappa shape index (κ2) is 9.82. The van der Waals surface area contributed by atoms with E-state index < -0.39 is 5.60 Å². The lowest BCUT2D eigenvalue weighted by Gasteiger charge is -2.43. The quantitative estimate of drug-likeness (QED) is 0.629. The van der Waals surface area contributed by atoms with Crippen LogP contribution in [0.4, 0.5) is 0 Å². The predicted molar refractivity (Wildman–Crippen MR) is 110 cm³/mol. The Kier molecular flexibility index (Phi) is 8.29. The van der Waals surface area contributed by atoms with Gasteiger partial charge in [-0.2, -0.15) is 0 Å². The van der Waals surface area contributed by atoms with E-state index in [0.29, 0.717) is 6.42 Å². The van der Waals surface area contributed by atoms with Crippen molar-refractivity contribution in [2.75, 3.05) is 33.3 Å². The molecule has 2 aliphatic heterocycles. The molecule has 27 heavy (non-hydrogen) atoms. The average Bonchev–Trinajstić information content (AvgIpc) is 3.11. The van der Waals surface area contributed by atoms with E-state index in [1.807, 2.05) is 0 Å². The monoisotopic (exact) mass is 382 g/mol. The lowest BCUT2D eigenvalue weighted by molar-refractivity contribution is -0.143. The molecule has 2 rings (SSSR count). The van der Waals surface area contributed by atoms with Crippen LogP contribution in [0.5, 0.6) is 0 Å². The van der Waals surface area contributed by atoms with Crippen molar-refractivity contribution in [3.63, 3.8) is 0 Å². The molecule has 2 aliphatic rings. The maximum Gasteiger partial charge on any atom is 0.181 e. The van der Waals surface area contributed by atoms with Crippen molar-refractivity contribution in [3.05, 3.63) is 0 Å². The van der Waals surface area contributed by atoms with E-state index in [1.165, 1.54) is 0 Å². The number of carbonyl (C=O) groups excluding carboxylic acids is 1. The fraction of sp³-hybridized carbons (Fsp3) is 0.955. The van der Waals surface area contributed by atoms with Crippen LogP contribution in [0, 0.1) is 0 Å². The molecule has 2 fully saturated rings. The summed E-state index contributed by atoms with van der Waals surface area (Å²) in [5.41, 5.74) is -1.18. The Bertz CT molecular complexity index is 482. The molecule has 0 bridgehead atoms. The average molecular weight is 383 g/mol. The van der Waals surface area contributed by atoms with Crippen molar-refractivity contribution in [1.82, 2.24) is 9.80 Å². The summed E-state index contributed by atoms with van der Waals surface area (Å²) in [7, 11) is 2.12. The molecule has 158 valence electrons. The van der Waals surface area contributed by atoms with Gasteiger partial charge < -0.3 is 14.7 Å². The predicted octanol–water partition coefficient (Wildman–Crippen LogP) is 3.24. The van der Waals surface area contributed by atoms with Crippen molar-refractivity contribution >= 4 is 5.78 Å². The molecule has 5 heteroatoms. The second-order valence-electron chi connectivity index (χ2n) is 9.24. The molecule has 2 heterocycles. The largest absolute Gasteiger partial charge is 0.382 e. The summed E-state index contributed by atoms with van der Waals surface area (Å²) in [5.74, 6) is 0.0254. The van der Waals surface area contributed by atoms with Crippen LogP contribution in [-0.2, 0) is 9.53 Å². The number of nitrogens with zero attached hydrogens (tertiary/aromatic N) is 2. The highest BCUT2D eigenvalue weighted by Gasteiger charge is 2.45. The smallest absolute Gasteiger partial charge is 0.181 e. The number of rotatable bonds is 10. The molecule has 0 aromatic rings. The number of morpholine rings is 1. The third-order valence-corrected chi connectivity index (χ3v) is 6.86. The Balaban J connectivity index is 1.93. The van der Waals surface area contributed by atoms with Gasteiger partial charge in [-0.15, -0.1) is 0 Å². The molecular weight excluding hydrogens is 340 g/mol. The molecule has 1 N–H and O–H groups in total. The van der Waals surface area contributed by atoms with Gasteiger partial charge in [0.1, 0.15) is 5.60 Å². The molecule has 0 saturated carbocycles. The number of ketones is 1. The number of hydrogen-bond donors (Lipinski definition) is 1. The summed E-state index contributed by atoms with van der Waals surface area (Å²) in [5, 5.41) is 11.0. The summed E-state index contributed by atoms with van der Waals surface area (Å²) >= 11 is 0. The van der Waals surface area contributed by atoms with Gasteiger partial charge in [0, 0.05) is 18.6 Å². The van der Waals surface area contributed by atoms with Crippen LogP contribution in [-0.4, -0.2) is 77.3 Å². The van der Waals surface area contributed by atoms with Gasteiger partial charge in [0.05, 0.1) is 18.8 Å². The number of likely N-dealkylation sites (tertiary alicyclic amines) is 1. The zero-order valence-corrected chi connectivity index (χ0v) is 18.3. The third kappa shape index (κ3) is 5.75. The van der Waals surface area contributed by atoms with E-state index in [0.717, 1.165) is 71.2 Å². The van der Waals surface area contributed by atoms with Crippen LogP contribution in [0.25, 0.3) is 0 Å².